The van der Waals surface area contributed by atoms with Crippen LogP contribution in [0.2, 0.25) is 0 Å². The smallest absolute Gasteiger partial charge is 0.415 e. The zero-order chi connectivity index (χ0) is 24.6. The normalized spacial score (nSPS) is 24.1. The lowest BCUT2D eigenvalue weighted by Gasteiger charge is -2.25. The summed E-state index contributed by atoms with van der Waals surface area (Å²) in [4.78, 5) is 49.3. The second-order valence-corrected chi connectivity index (χ2v) is 8.45. The molecule has 11 nitrogen and oxygen atoms in total. The predicted molar refractivity (Wildman–Crippen MR) is 114 cm³/mol. The van der Waals surface area contributed by atoms with E-state index in [4.69, 9.17) is 9.47 Å². The van der Waals surface area contributed by atoms with Crippen molar-refractivity contribution >= 4 is 35.3 Å². The number of hydrogen-bond acceptors (Lipinski definition) is 8. The molecular formula is C21H25F2N5O6. The van der Waals surface area contributed by atoms with Crippen LogP contribution in [0.5, 0.6) is 0 Å². The maximum absolute atomic E-state index is 15.1. The van der Waals surface area contributed by atoms with Crippen molar-refractivity contribution in [2.45, 2.75) is 31.9 Å². The van der Waals surface area contributed by atoms with Crippen molar-refractivity contribution < 1.29 is 37.4 Å². The van der Waals surface area contributed by atoms with Gasteiger partial charge in [-0.15, -0.1) is 0 Å². The summed E-state index contributed by atoms with van der Waals surface area (Å²) >= 11 is 0. The van der Waals surface area contributed by atoms with Gasteiger partial charge in [0.2, 0.25) is 5.91 Å². The molecule has 2 heterocycles. The summed E-state index contributed by atoms with van der Waals surface area (Å²) in [5.41, 5.74) is 1.70. The Morgan fingerprint density at radius 3 is 2.56 bits per heavy atom. The fraction of sp³-hybridized carbons (Fsp3) is 0.524. The summed E-state index contributed by atoms with van der Waals surface area (Å²) in [6, 6.07) is 1.80. The first-order valence-corrected chi connectivity index (χ1v) is 10.8. The van der Waals surface area contributed by atoms with Crippen LogP contribution in [0, 0.1) is 11.6 Å². The molecule has 1 unspecified atom stereocenters. The van der Waals surface area contributed by atoms with Crippen molar-refractivity contribution in [1.82, 2.24) is 15.8 Å². The fourth-order valence-electron chi connectivity index (χ4n) is 4.21. The molecule has 0 bridgehead atoms. The number of nitrogens with zero attached hydrogens (tertiary/aromatic N) is 3. The van der Waals surface area contributed by atoms with E-state index in [-0.39, 0.29) is 56.0 Å². The second kappa shape index (κ2) is 9.05. The van der Waals surface area contributed by atoms with Crippen molar-refractivity contribution in [2.75, 3.05) is 49.1 Å². The fourth-order valence-corrected chi connectivity index (χ4v) is 4.21. The zero-order valence-corrected chi connectivity index (χ0v) is 18.7. The highest BCUT2D eigenvalue weighted by Crippen LogP contribution is 2.46. The van der Waals surface area contributed by atoms with Gasteiger partial charge in [0.1, 0.15) is 5.69 Å². The van der Waals surface area contributed by atoms with Gasteiger partial charge in [-0.05, 0) is 0 Å². The minimum absolute atomic E-state index is 0.0141. The summed E-state index contributed by atoms with van der Waals surface area (Å²) < 4.78 is 40.2. The van der Waals surface area contributed by atoms with Crippen LogP contribution < -0.4 is 20.5 Å². The van der Waals surface area contributed by atoms with Gasteiger partial charge in [0, 0.05) is 52.0 Å². The highest BCUT2D eigenvalue weighted by atomic mass is 19.1. The Morgan fingerprint density at radius 1 is 1.21 bits per heavy atom. The molecule has 3 fully saturated rings. The first kappa shape index (κ1) is 23.7. The lowest BCUT2D eigenvalue weighted by atomic mass is 10.2. The Labute approximate surface area is 193 Å². The SMILES string of the molecule is CC(=O)NC1C[C@@]12CN(c1cc(F)c(N3CCNN(C(=O)COC(C)=O)CC3)c(F)c1)C(=O)O2. The first-order valence-electron chi connectivity index (χ1n) is 10.8. The first-order chi connectivity index (χ1) is 16.1. The number of esters is 1. The maximum atomic E-state index is 15.1. The van der Waals surface area contributed by atoms with E-state index in [0.29, 0.717) is 6.42 Å². The molecule has 2 atom stereocenters. The minimum Gasteiger partial charge on any atom is -0.456 e. The molecule has 4 rings (SSSR count). The van der Waals surface area contributed by atoms with E-state index < -0.39 is 41.8 Å². The number of amides is 3. The molecule has 2 saturated heterocycles. The summed E-state index contributed by atoms with van der Waals surface area (Å²) in [5, 5.41) is 3.94. The maximum Gasteiger partial charge on any atom is 0.415 e. The summed E-state index contributed by atoms with van der Waals surface area (Å²) in [6.45, 7) is 2.84. The van der Waals surface area contributed by atoms with Crippen LogP contribution in [-0.4, -0.2) is 79.9 Å². The number of rotatable bonds is 5. The number of carbonyl (C=O) groups is 4. The molecule has 184 valence electrons. The number of hydrogen-bond donors (Lipinski definition) is 2. The number of halogens is 2. The van der Waals surface area contributed by atoms with Gasteiger partial charge < -0.3 is 19.7 Å². The number of benzene rings is 1. The Morgan fingerprint density at radius 2 is 1.91 bits per heavy atom. The van der Waals surface area contributed by atoms with E-state index in [1.54, 1.807) is 0 Å². The molecule has 13 heteroatoms. The van der Waals surface area contributed by atoms with Gasteiger partial charge in [-0.2, -0.15) is 0 Å². The van der Waals surface area contributed by atoms with E-state index in [9.17, 15) is 19.2 Å². The predicted octanol–water partition coefficient (Wildman–Crippen LogP) is 0.285. The third kappa shape index (κ3) is 4.74. The Bertz CT molecular complexity index is 1020. The number of anilines is 2. The average molecular weight is 481 g/mol. The Balaban J connectivity index is 1.44. The number of hydrazine groups is 1. The minimum atomic E-state index is -0.882. The van der Waals surface area contributed by atoms with Gasteiger partial charge in [-0.25, -0.2) is 19.0 Å². The molecule has 1 aromatic carbocycles. The lowest BCUT2D eigenvalue weighted by Crippen LogP contribution is -2.45. The van der Waals surface area contributed by atoms with Crippen molar-refractivity contribution in [1.29, 1.82) is 0 Å². The van der Waals surface area contributed by atoms with E-state index in [0.717, 1.165) is 17.0 Å². The van der Waals surface area contributed by atoms with Crippen LogP contribution in [0.4, 0.5) is 25.0 Å². The van der Waals surface area contributed by atoms with E-state index in [2.05, 4.69) is 10.7 Å². The molecule has 1 spiro atoms. The molecule has 3 aliphatic rings. The average Bonchev–Trinajstić information content (AvgIpc) is 3.36. The highest BCUT2D eigenvalue weighted by molar-refractivity contribution is 5.91. The van der Waals surface area contributed by atoms with Crippen LogP contribution in [-0.2, 0) is 23.9 Å². The van der Waals surface area contributed by atoms with E-state index >= 15 is 8.78 Å². The van der Waals surface area contributed by atoms with E-state index in [1.807, 2.05) is 0 Å². The van der Waals surface area contributed by atoms with Gasteiger partial charge in [0.05, 0.1) is 24.8 Å². The number of ether oxygens (including phenoxy) is 2. The number of nitrogens with one attached hydrogen (secondary N) is 2. The van der Waals surface area contributed by atoms with Gasteiger partial charge in [-0.3, -0.25) is 24.3 Å². The van der Waals surface area contributed by atoms with Crippen molar-refractivity contribution in [3.8, 4) is 0 Å². The molecule has 2 aliphatic heterocycles. The Hall–Kier alpha value is -3.48. The molecule has 0 aromatic heterocycles. The van der Waals surface area contributed by atoms with Crippen LogP contribution in [0.3, 0.4) is 0 Å². The molecule has 1 aromatic rings. The molecular weight excluding hydrogens is 456 g/mol. The summed E-state index contributed by atoms with van der Waals surface area (Å²) in [7, 11) is 0. The molecule has 1 aliphatic carbocycles. The third-order valence-corrected chi connectivity index (χ3v) is 5.95. The van der Waals surface area contributed by atoms with Gasteiger partial charge >= 0.3 is 12.1 Å². The Kier molecular flexibility index (Phi) is 6.30. The van der Waals surface area contributed by atoms with E-state index in [1.165, 1.54) is 23.8 Å². The molecule has 1 saturated carbocycles. The summed E-state index contributed by atoms with van der Waals surface area (Å²) in [5.74, 6) is -3.05. The second-order valence-electron chi connectivity index (χ2n) is 8.45. The van der Waals surface area contributed by atoms with Crippen molar-refractivity contribution in [3.63, 3.8) is 0 Å². The van der Waals surface area contributed by atoms with Gasteiger partial charge in [0.15, 0.2) is 23.8 Å². The van der Waals surface area contributed by atoms with Crippen LogP contribution >= 0.6 is 0 Å². The van der Waals surface area contributed by atoms with Crippen LogP contribution in [0.1, 0.15) is 20.3 Å². The van der Waals surface area contributed by atoms with Crippen LogP contribution in [0.25, 0.3) is 0 Å². The van der Waals surface area contributed by atoms with Gasteiger partial charge in [-0.1, -0.05) is 0 Å². The van der Waals surface area contributed by atoms with Crippen molar-refractivity contribution in [3.05, 3.63) is 23.8 Å². The molecule has 0 radical (unpaired) electrons. The van der Waals surface area contributed by atoms with Crippen molar-refractivity contribution in [2.24, 2.45) is 0 Å². The molecule has 2 N–H and O–H groups in total. The van der Waals surface area contributed by atoms with Gasteiger partial charge in [0.25, 0.3) is 5.91 Å². The monoisotopic (exact) mass is 481 g/mol. The largest absolute Gasteiger partial charge is 0.456 e. The molecule has 34 heavy (non-hydrogen) atoms. The van der Waals surface area contributed by atoms with Crippen LogP contribution in [0.15, 0.2) is 12.1 Å². The molecule has 3 amide bonds. The lowest BCUT2D eigenvalue weighted by molar-refractivity contribution is -0.151. The quantitative estimate of drug-likeness (QED) is 0.576. The third-order valence-electron chi connectivity index (χ3n) is 5.95. The standard InChI is InChI=1S/C21H25F2N5O6/c1-12(29)25-17-9-21(17)11-27(20(32)34-21)14-7-15(22)19(16(23)8-14)26-4-3-24-28(6-5-26)18(31)10-33-13(2)30/h7-8,17,24H,3-6,9-11H2,1-2H3,(H,25,29)/t17?,21-/m1/s1. The topological polar surface area (TPSA) is 121 Å². The highest BCUT2D eigenvalue weighted by Gasteiger charge is 2.64. The zero-order valence-electron chi connectivity index (χ0n) is 18.7. The summed E-state index contributed by atoms with van der Waals surface area (Å²) in [6.07, 6.45) is -0.300. The number of carbonyl (C=O) groups excluding carboxylic acids is 4.